The third-order valence-electron chi connectivity index (χ3n) is 6.86. The molecule has 2 rings (SSSR count). The predicted molar refractivity (Wildman–Crippen MR) is 141 cm³/mol. The quantitative estimate of drug-likeness (QED) is 0.153. The molecule has 0 heterocycles. The van der Waals surface area contributed by atoms with Gasteiger partial charge < -0.3 is 0 Å². The van der Waals surface area contributed by atoms with E-state index in [1.807, 2.05) is 0 Å². The van der Waals surface area contributed by atoms with Gasteiger partial charge in [-0.05, 0) is 0 Å². The van der Waals surface area contributed by atoms with Crippen molar-refractivity contribution in [3.63, 3.8) is 0 Å². The molecule has 0 fully saturated rings. The van der Waals surface area contributed by atoms with E-state index < -0.39 is 19.7 Å². The van der Waals surface area contributed by atoms with Crippen LogP contribution in [-0.4, -0.2) is 19.7 Å². The molecule has 0 amide bonds. The van der Waals surface area contributed by atoms with E-state index in [1.165, 1.54) is 86.5 Å². The van der Waals surface area contributed by atoms with Gasteiger partial charge in [0.05, 0.1) is 0 Å². The van der Waals surface area contributed by atoms with Crippen molar-refractivity contribution in [3.05, 3.63) is 70.8 Å². The number of rotatable bonds is 16. The number of hydrogen-bond acceptors (Lipinski definition) is 1. The van der Waals surface area contributed by atoms with Crippen LogP contribution in [0.25, 0.3) is 0 Å². The molecule has 2 heteroatoms. The fourth-order valence-corrected chi connectivity index (χ4v) is 10.8. The molecular weight excluding hydrogens is 495 g/mol. The number of hydrogen-bond donors (Lipinski definition) is 0. The molecule has 2 aromatic rings. The van der Waals surface area contributed by atoms with Crippen LogP contribution < -0.4 is 0 Å². The van der Waals surface area contributed by atoms with Gasteiger partial charge >= 0.3 is 206 Å². The Morgan fingerprint density at radius 2 is 0.969 bits per heavy atom. The molecule has 2 atom stereocenters. The van der Waals surface area contributed by atoms with E-state index in [2.05, 4.69) is 76.2 Å². The van der Waals surface area contributed by atoms with Crippen LogP contribution in [0.1, 0.15) is 112 Å². The third kappa shape index (κ3) is 10.3. The molecule has 0 aromatic heterocycles. The van der Waals surface area contributed by atoms with Gasteiger partial charge in [-0.15, -0.1) is 0 Å². The van der Waals surface area contributed by atoms with Crippen LogP contribution in [0.4, 0.5) is 0 Å². The van der Waals surface area contributed by atoms with Crippen molar-refractivity contribution in [3.8, 4) is 0 Å². The molecule has 32 heavy (non-hydrogen) atoms. The average Bonchev–Trinajstić information content (AvgIpc) is 2.79. The molecule has 0 aliphatic rings. The van der Waals surface area contributed by atoms with E-state index in [0.717, 1.165) is 8.87 Å². The molecule has 0 saturated heterocycles. The summed E-state index contributed by atoms with van der Waals surface area (Å²) in [6.45, 7) is 8.85. The predicted octanol–water partition coefficient (Wildman–Crippen LogP) is 9.53. The Bertz CT molecular complexity index is 697. The summed E-state index contributed by atoms with van der Waals surface area (Å²) in [4.78, 5) is 0. The SMILES string of the molecule is CCCCCCC([CH2][Sn](=[O])[CH2]C(CCCCCC)c1ccc(C)cc1)c1ccc(C)cc1. The van der Waals surface area contributed by atoms with E-state index in [9.17, 15) is 3.08 Å². The molecule has 0 spiro atoms. The van der Waals surface area contributed by atoms with Gasteiger partial charge in [0.1, 0.15) is 0 Å². The van der Waals surface area contributed by atoms with Crippen LogP contribution in [0.3, 0.4) is 0 Å². The Morgan fingerprint density at radius 1 is 0.594 bits per heavy atom. The topological polar surface area (TPSA) is 17.1 Å². The van der Waals surface area contributed by atoms with Crippen molar-refractivity contribution in [2.75, 3.05) is 0 Å². The Balaban J connectivity index is 2.06. The van der Waals surface area contributed by atoms with Crippen molar-refractivity contribution in [2.24, 2.45) is 0 Å². The molecule has 0 saturated carbocycles. The van der Waals surface area contributed by atoms with E-state index in [0.29, 0.717) is 11.8 Å². The minimum absolute atomic E-state index is 0.484. The first kappa shape index (κ1) is 27.3. The second-order valence-corrected chi connectivity index (χ2v) is 15.3. The van der Waals surface area contributed by atoms with E-state index in [-0.39, 0.29) is 0 Å². The fourth-order valence-electron chi connectivity index (χ4n) is 4.72. The summed E-state index contributed by atoms with van der Waals surface area (Å²) >= 11 is -2.70. The molecule has 0 aliphatic carbocycles. The molecule has 176 valence electrons. The van der Waals surface area contributed by atoms with Crippen LogP contribution >= 0.6 is 0 Å². The van der Waals surface area contributed by atoms with Crippen LogP contribution in [-0.2, 0) is 3.08 Å². The second kappa shape index (κ2) is 15.8. The Hall–Kier alpha value is -0.961. The van der Waals surface area contributed by atoms with E-state index in [4.69, 9.17) is 0 Å². The summed E-state index contributed by atoms with van der Waals surface area (Å²) in [5, 5.41) is 0. The van der Waals surface area contributed by atoms with Crippen molar-refractivity contribution in [1.82, 2.24) is 0 Å². The van der Waals surface area contributed by atoms with Gasteiger partial charge in [-0.3, -0.25) is 0 Å². The zero-order valence-electron chi connectivity index (χ0n) is 21.2. The summed E-state index contributed by atoms with van der Waals surface area (Å²) in [6.07, 6.45) is 12.7. The van der Waals surface area contributed by atoms with Crippen LogP contribution in [0.5, 0.6) is 0 Å². The first-order valence-electron chi connectivity index (χ1n) is 13.2. The zero-order valence-corrected chi connectivity index (χ0v) is 24.0. The summed E-state index contributed by atoms with van der Waals surface area (Å²) in [7, 11) is 0. The van der Waals surface area contributed by atoms with Crippen LogP contribution in [0.2, 0.25) is 8.87 Å². The van der Waals surface area contributed by atoms with Crippen LogP contribution in [0, 0.1) is 13.8 Å². The summed E-state index contributed by atoms with van der Waals surface area (Å²) in [5.74, 6) is 0.969. The maximum absolute atomic E-state index is 13.6. The zero-order chi connectivity index (χ0) is 23.2. The standard InChI is InChI=1S/2C15H23.O.Sn/c2*1-4-5-6-7-8-14(3)15-11-9-13(2)10-12-15;;/h2*9-12,14H,3-8H2,1-2H3;;. The van der Waals surface area contributed by atoms with Gasteiger partial charge in [0.2, 0.25) is 0 Å². The van der Waals surface area contributed by atoms with Gasteiger partial charge in [0, 0.05) is 0 Å². The molecule has 1 nitrogen and oxygen atoms in total. The van der Waals surface area contributed by atoms with Gasteiger partial charge in [-0.1, -0.05) is 0 Å². The molecule has 0 radical (unpaired) electrons. The van der Waals surface area contributed by atoms with Crippen molar-refractivity contribution in [2.45, 2.75) is 113 Å². The first-order valence-corrected chi connectivity index (χ1v) is 18.4. The average molecular weight is 541 g/mol. The summed E-state index contributed by atoms with van der Waals surface area (Å²) in [6, 6.07) is 18.1. The Morgan fingerprint density at radius 3 is 1.31 bits per heavy atom. The molecule has 0 aliphatic heterocycles. The molecule has 2 aromatic carbocycles. The van der Waals surface area contributed by atoms with Crippen molar-refractivity contribution >= 4 is 19.7 Å². The molecule has 0 bridgehead atoms. The van der Waals surface area contributed by atoms with E-state index >= 15 is 0 Å². The van der Waals surface area contributed by atoms with E-state index in [1.54, 1.807) is 0 Å². The number of benzene rings is 2. The number of aryl methyl sites for hydroxylation is 2. The second-order valence-electron chi connectivity index (χ2n) is 9.86. The van der Waals surface area contributed by atoms with Crippen LogP contribution in [0.15, 0.2) is 48.5 Å². The normalized spacial score (nSPS) is 13.1. The van der Waals surface area contributed by atoms with Gasteiger partial charge in [-0.25, -0.2) is 0 Å². The summed E-state index contributed by atoms with van der Waals surface area (Å²) in [5.41, 5.74) is 5.45. The van der Waals surface area contributed by atoms with Crippen molar-refractivity contribution < 1.29 is 3.08 Å². The maximum atomic E-state index is 13.6. The number of unbranched alkanes of at least 4 members (excludes halogenated alkanes) is 6. The Labute approximate surface area is 205 Å². The molecular formula is C30H46OSn. The monoisotopic (exact) mass is 542 g/mol. The third-order valence-corrected chi connectivity index (χ3v) is 12.3. The minimum atomic E-state index is -2.70. The fraction of sp³-hybridized carbons (Fsp3) is 0.600. The van der Waals surface area contributed by atoms with Gasteiger partial charge in [0.25, 0.3) is 0 Å². The Kier molecular flexibility index (Phi) is 13.5. The summed E-state index contributed by atoms with van der Waals surface area (Å²) < 4.78 is 15.5. The molecule has 2 unspecified atom stereocenters. The van der Waals surface area contributed by atoms with Gasteiger partial charge in [0.15, 0.2) is 0 Å². The van der Waals surface area contributed by atoms with Gasteiger partial charge in [-0.2, -0.15) is 0 Å². The first-order chi connectivity index (χ1) is 15.5. The van der Waals surface area contributed by atoms with Crippen molar-refractivity contribution in [1.29, 1.82) is 0 Å². The molecule has 0 N–H and O–H groups in total.